The Bertz CT molecular complexity index is 980. The molecule has 3 rings (SSSR count). The number of carboxylic acids is 1. The van der Waals surface area contributed by atoms with Gasteiger partial charge in [0, 0.05) is 23.1 Å². The summed E-state index contributed by atoms with van der Waals surface area (Å²) in [6.45, 7) is -0.134. The van der Waals surface area contributed by atoms with E-state index in [1.807, 2.05) is 0 Å². The van der Waals surface area contributed by atoms with Gasteiger partial charge < -0.3 is 10.2 Å². The fraction of sp³-hybridized carbons (Fsp3) is 0.111. The molecule has 0 aliphatic heterocycles. The van der Waals surface area contributed by atoms with Gasteiger partial charge in [-0.3, -0.25) is 4.68 Å². The van der Waals surface area contributed by atoms with Crippen LogP contribution in [0.2, 0.25) is 0 Å². The van der Waals surface area contributed by atoms with Gasteiger partial charge in [0.1, 0.15) is 11.6 Å². The summed E-state index contributed by atoms with van der Waals surface area (Å²) in [4.78, 5) is 10.7. The average molecular weight is 344 g/mol. The van der Waals surface area contributed by atoms with E-state index in [0.29, 0.717) is 22.2 Å². The van der Waals surface area contributed by atoms with Gasteiger partial charge in [-0.2, -0.15) is 5.10 Å². The molecular formula is C18H14F2N2O3. The number of carbonyl (C=O) groups is 1. The number of aliphatic hydroxyl groups is 1. The fourth-order valence-electron chi connectivity index (χ4n) is 2.55. The minimum atomic E-state index is -1.11. The Labute approximate surface area is 141 Å². The maximum atomic E-state index is 13.9. The molecule has 0 saturated heterocycles. The Morgan fingerprint density at radius 1 is 1.20 bits per heavy atom. The number of fused-ring (bicyclic) bond motifs is 1. The molecule has 0 amide bonds. The summed E-state index contributed by atoms with van der Waals surface area (Å²) in [6, 6.07) is 8.40. The number of benzene rings is 2. The number of aromatic nitrogens is 2. The van der Waals surface area contributed by atoms with Gasteiger partial charge in [0.2, 0.25) is 0 Å². The number of hydrogen-bond acceptors (Lipinski definition) is 3. The summed E-state index contributed by atoms with van der Waals surface area (Å²) < 4.78 is 28.5. The van der Waals surface area contributed by atoms with Gasteiger partial charge >= 0.3 is 5.97 Å². The Balaban J connectivity index is 2.10. The second kappa shape index (κ2) is 6.82. The molecule has 7 heteroatoms. The van der Waals surface area contributed by atoms with Crippen molar-refractivity contribution in [1.29, 1.82) is 0 Å². The van der Waals surface area contributed by atoms with Crippen molar-refractivity contribution in [2.75, 3.05) is 0 Å². The van der Waals surface area contributed by atoms with Crippen LogP contribution in [-0.4, -0.2) is 26.0 Å². The molecule has 0 radical (unpaired) electrons. The van der Waals surface area contributed by atoms with Gasteiger partial charge in [-0.1, -0.05) is 18.2 Å². The van der Waals surface area contributed by atoms with E-state index in [-0.39, 0.29) is 18.7 Å². The lowest BCUT2D eigenvalue weighted by molar-refractivity contribution is -0.131. The Morgan fingerprint density at radius 3 is 2.68 bits per heavy atom. The summed E-state index contributed by atoms with van der Waals surface area (Å²) in [7, 11) is 0. The molecular weight excluding hydrogens is 330 g/mol. The van der Waals surface area contributed by atoms with E-state index >= 15 is 0 Å². The zero-order valence-corrected chi connectivity index (χ0v) is 13.0. The first-order valence-electron chi connectivity index (χ1n) is 7.43. The third-order valence-corrected chi connectivity index (χ3v) is 3.75. The number of hydrogen-bond donors (Lipinski definition) is 2. The highest BCUT2D eigenvalue weighted by Crippen LogP contribution is 2.23. The minimum absolute atomic E-state index is 0.0401. The van der Waals surface area contributed by atoms with Crippen LogP contribution in [0.4, 0.5) is 8.78 Å². The number of rotatable bonds is 5. The zero-order valence-electron chi connectivity index (χ0n) is 13.0. The van der Waals surface area contributed by atoms with E-state index in [4.69, 9.17) is 5.11 Å². The molecule has 2 N–H and O–H groups in total. The highest BCUT2D eigenvalue weighted by molar-refractivity contribution is 5.92. The van der Waals surface area contributed by atoms with Crippen molar-refractivity contribution in [3.05, 3.63) is 70.9 Å². The molecule has 0 fully saturated rings. The molecule has 0 saturated carbocycles. The summed E-state index contributed by atoms with van der Waals surface area (Å²) in [5, 5.41) is 23.1. The van der Waals surface area contributed by atoms with Gasteiger partial charge in [0.15, 0.2) is 0 Å². The normalized spacial score (nSPS) is 11.5. The van der Waals surface area contributed by atoms with Crippen molar-refractivity contribution in [2.45, 2.75) is 13.2 Å². The molecule has 0 aliphatic carbocycles. The van der Waals surface area contributed by atoms with Gasteiger partial charge in [-0.15, -0.1) is 0 Å². The molecule has 1 heterocycles. The highest BCUT2D eigenvalue weighted by atomic mass is 19.1. The van der Waals surface area contributed by atoms with Crippen LogP contribution in [0.5, 0.6) is 0 Å². The lowest BCUT2D eigenvalue weighted by atomic mass is 10.1. The molecule has 0 aliphatic rings. The monoisotopic (exact) mass is 344 g/mol. The van der Waals surface area contributed by atoms with E-state index in [9.17, 15) is 18.7 Å². The number of aliphatic hydroxyl groups excluding tert-OH is 1. The van der Waals surface area contributed by atoms with Crippen LogP contribution >= 0.6 is 0 Å². The standard InChI is InChI=1S/C18H14F2N2O3/c19-13-3-2-12(15(20)8-13)9-22-17-7-11(10-23)1-4-14(17)16(21-22)5-6-18(24)25/h1-8,23H,9-10H2,(H,24,25)/b6-5+. The van der Waals surface area contributed by atoms with Crippen molar-refractivity contribution in [3.63, 3.8) is 0 Å². The summed E-state index contributed by atoms with van der Waals surface area (Å²) in [5.74, 6) is -2.47. The molecule has 25 heavy (non-hydrogen) atoms. The van der Waals surface area contributed by atoms with E-state index in [1.54, 1.807) is 18.2 Å². The quantitative estimate of drug-likeness (QED) is 0.698. The number of halogens is 2. The van der Waals surface area contributed by atoms with Crippen LogP contribution in [0.15, 0.2) is 42.5 Å². The van der Waals surface area contributed by atoms with Gasteiger partial charge in [-0.05, 0) is 23.8 Å². The zero-order chi connectivity index (χ0) is 18.0. The second-order valence-corrected chi connectivity index (χ2v) is 5.46. The van der Waals surface area contributed by atoms with Crippen LogP contribution in [0.25, 0.3) is 17.0 Å². The molecule has 0 unspecified atom stereocenters. The van der Waals surface area contributed by atoms with Crippen LogP contribution in [0, 0.1) is 11.6 Å². The number of nitrogens with zero attached hydrogens (tertiary/aromatic N) is 2. The first kappa shape index (κ1) is 16.8. The van der Waals surface area contributed by atoms with Gasteiger partial charge in [-0.25, -0.2) is 13.6 Å². The highest BCUT2D eigenvalue weighted by Gasteiger charge is 2.12. The molecule has 0 atom stereocenters. The largest absolute Gasteiger partial charge is 0.478 e. The maximum absolute atomic E-state index is 13.9. The smallest absolute Gasteiger partial charge is 0.328 e. The number of carboxylic acid groups (broad SMARTS) is 1. The van der Waals surface area contributed by atoms with E-state index in [0.717, 1.165) is 18.2 Å². The Hall–Kier alpha value is -3.06. The lowest BCUT2D eigenvalue weighted by Gasteiger charge is -2.06. The minimum Gasteiger partial charge on any atom is -0.478 e. The summed E-state index contributed by atoms with van der Waals surface area (Å²) in [5.41, 5.74) is 1.90. The van der Waals surface area contributed by atoms with Crippen molar-refractivity contribution in [3.8, 4) is 0 Å². The lowest BCUT2D eigenvalue weighted by Crippen LogP contribution is -2.04. The predicted octanol–water partition coefficient (Wildman–Crippen LogP) is 2.95. The van der Waals surface area contributed by atoms with Crippen LogP contribution in [0.1, 0.15) is 16.8 Å². The summed E-state index contributed by atoms with van der Waals surface area (Å²) in [6.07, 6.45) is 2.31. The van der Waals surface area contributed by atoms with Crippen molar-refractivity contribution >= 4 is 22.9 Å². The predicted molar refractivity (Wildman–Crippen MR) is 87.8 cm³/mol. The van der Waals surface area contributed by atoms with Gasteiger partial charge in [0.25, 0.3) is 0 Å². The summed E-state index contributed by atoms with van der Waals surface area (Å²) >= 11 is 0. The molecule has 2 aromatic carbocycles. The Morgan fingerprint density at radius 2 is 2.00 bits per heavy atom. The first-order valence-corrected chi connectivity index (χ1v) is 7.43. The topological polar surface area (TPSA) is 75.3 Å². The molecule has 128 valence electrons. The fourth-order valence-corrected chi connectivity index (χ4v) is 2.55. The van der Waals surface area contributed by atoms with Crippen molar-refractivity contribution < 1.29 is 23.8 Å². The van der Waals surface area contributed by atoms with E-state index in [2.05, 4.69) is 5.10 Å². The maximum Gasteiger partial charge on any atom is 0.328 e. The molecule has 3 aromatic rings. The van der Waals surface area contributed by atoms with Gasteiger partial charge in [0.05, 0.1) is 24.4 Å². The van der Waals surface area contributed by atoms with E-state index in [1.165, 1.54) is 16.8 Å². The second-order valence-electron chi connectivity index (χ2n) is 5.46. The molecule has 0 spiro atoms. The number of aliphatic carboxylic acids is 1. The first-order chi connectivity index (χ1) is 12.0. The average Bonchev–Trinajstić information content (AvgIpc) is 2.92. The third-order valence-electron chi connectivity index (χ3n) is 3.75. The molecule has 1 aromatic heterocycles. The van der Waals surface area contributed by atoms with E-state index < -0.39 is 17.6 Å². The molecule has 0 bridgehead atoms. The third kappa shape index (κ3) is 3.56. The van der Waals surface area contributed by atoms with Crippen molar-refractivity contribution in [1.82, 2.24) is 9.78 Å². The Kier molecular flexibility index (Phi) is 4.58. The van der Waals surface area contributed by atoms with Crippen molar-refractivity contribution in [2.24, 2.45) is 0 Å². The van der Waals surface area contributed by atoms with Crippen LogP contribution in [0.3, 0.4) is 0 Å². The van der Waals surface area contributed by atoms with Crippen LogP contribution in [-0.2, 0) is 17.9 Å². The van der Waals surface area contributed by atoms with Crippen LogP contribution < -0.4 is 0 Å². The molecule has 5 nitrogen and oxygen atoms in total. The SMILES string of the molecule is O=C(O)/C=C/c1nn(Cc2ccc(F)cc2F)c2cc(CO)ccc12.